The first-order chi connectivity index (χ1) is 6.41. The van der Waals surface area contributed by atoms with Gasteiger partial charge in [0.05, 0.1) is 21.4 Å². The highest BCUT2D eigenvalue weighted by Crippen LogP contribution is 2.32. The first kappa shape index (κ1) is 11.4. The molecule has 0 saturated carbocycles. The number of aromatic nitrogens is 1. The zero-order valence-electron chi connectivity index (χ0n) is 9.29. The third-order valence-corrected chi connectivity index (χ3v) is 2.89. The van der Waals surface area contributed by atoms with Crippen molar-refractivity contribution in [1.29, 1.82) is 0 Å². The molecule has 4 heteroatoms. The highest BCUT2D eigenvalue weighted by Gasteiger charge is 2.31. The van der Waals surface area contributed by atoms with Crippen molar-refractivity contribution < 1.29 is 4.52 Å². The fraction of sp³-hybridized carbons (Fsp3) is 0.700. The summed E-state index contributed by atoms with van der Waals surface area (Å²) in [5.41, 5.74) is 1.62. The Kier molecular flexibility index (Phi) is 3.13. The van der Waals surface area contributed by atoms with Crippen LogP contribution in [0.4, 0.5) is 0 Å². The van der Waals surface area contributed by atoms with Gasteiger partial charge in [0, 0.05) is 5.56 Å². The minimum absolute atomic E-state index is 0.194. The Morgan fingerprint density at radius 3 is 2.36 bits per heavy atom. The van der Waals surface area contributed by atoms with Crippen LogP contribution in [-0.2, 0) is 5.21 Å². The van der Waals surface area contributed by atoms with Crippen LogP contribution < -0.4 is 0 Å². The van der Waals surface area contributed by atoms with Gasteiger partial charge in [-0.05, 0) is 13.8 Å². The molecule has 0 spiro atoms. The van der Waals surface area contributed by atoms with Gasteiger partial charge in [0.2, 0.25) is 0 Å². The summed E-state index contributed by atoms with van der Waals surface area (Å²) >= 11 is 0. The van der Waals surface area contributed by atoms with Gasteiger partial charge < -0.3 is 4.52 Å². The normalized spacial score (nSPS) is 14.3. The lowest BCUT2D eigenvalue weighted by atomic mass is 9.45. The molecular formula is C10H15B2NO. The molecule has 0 saturated heterocycles. The lowest BCUT2D eigenvalue weighted by Gasteiger charge is -2.32. The summed E-state index contributed by atoms with van der Waals surface area (Å²) in [7, 11) is 12.2. The Bertz CT molecular complexity index is 300. The quantitative estimate of drug-likeness (QED) is 0.674. The molecule has 0 amide bonds. The maximum Gasteiger partial charge on any atom is 0.136 e. The Balaban J connectivity index is 3.14. The van der Waals surface area contributed by atoms with Crippen molar-refractivity contribution in [3.63, 3.8) is 0 Å². The van der Waals surface area contributed by atoms with Gasteiger partial charge in [-0.3, -0.25) is 0 Å². The summed E-state index contributed by atoms with van der Waals surface area (Å²) in [6.07, 6.45) is 0.928. The summed E-state index contributed by atoms with van der Waals surface area (Å²) in [4.78, 5) is 0. The fourth-order valence-corrected chi connectivity index (χ4v) is 1.69. The largest absolute Gasteiger partial charge is 0.361 e. The van der Waals surface area contributed by atoms with E-state index in [0.29, 0.717) is 5.76 Å². The molecule has 0 aliphatic rings. The van der Waals surface area contributed by atoms with Gasteiger partial charge in [-0.25, -0.2) is 0 Å². The molecule has 0 fully saturated rings. The molecule has 1 unspecified atom stereocenters. The molecule has 1 aromatic heterocycles. The predicted molar refractivity (Wildman–Crippen MR) is 58.6 cm³/mol. The Morgan fingerprint density at radius 1 is 1.43 bits per heavy atom. The van der Waals surface area contributed by atoms with Gasteiger partial charge in [-0.15, -0.1) is 0 Å². The van der Waals surface area contributed by atoms with Crippen LogP contribution in [0.25, 0.3) is 0 Å². The number of hydrogen-bond donors (Lipinski definition) is 0. The molecule has 0 aliphatic heterocycles. The third-order valence-electron chi connectivity index (χ3n) is 2.89. The second-order valence-corrected chi connectivity index (χ2v) is 3.94. The van der Waals surface area contributed by atoms with Crippen LogP contribution in [-0.4, -0.2) is 20.8 Å². The molecule has 1 aromatic rings. The van der Waals surface area contributed by atoms with Gasteiger partial charge in [0.15, 0.2) is 0 Å². The molecule has 1 heterocycles. The number of rotatable bonds is 3. The molecule has 0 bridgehead atoms. The van der Waals surface area contributed by atoms with Crippen molar-refractivity contribution in [1.82, 2.24) is 5.16 Å². The number of aryl methyl sites for hydroxylation is 2. The second kappa shape index (κ2) is 3.84. The maximum absolute atomic E-state index is 6.12. The average molecular weight is 187 g/mol. The van der Waals surface area contributed by atoms with Crippen LogP contribution in [0, 0.1) is 19.8 Å². The monoisotopic (exact) mass is 187 g/mol. The molecule has 2 nitrogen and oxygen atoms in total. The van der Waals surface area contributed by atoms with Gasteiger partial charge in [-0.2, -0.15) is 0 Å². The van der Waals surface area contributed by atoms with E-state index in [2.05, 4.69) is 12.1 Å². The molecule has 0 aromatic carbocycles. The molecule has 4 radical (unpaired) electrons. The third kappa shape index (κ3) is 1.75. The fourth-order valence-electron chi connectivity index (χ4n) is 1.69. The topological polar surface area (TPSA) is 26.0 Å². The highest BCUT2D eigenvalue weighted by atomic mass is 16.5. The van der Waals surface area contributed by atoms with Crippen LogP contribution in [0.3, 0.4) is 0 Å². The standard InChI is InChI=1S/C10H15B2NO/c1-5-6(2)10(11,12)9-7(3)13-14-8(9)4/h6H,5H2,1-4H3. The summed E-state index contributed by atoms with van der Waals surface area (Å²) in [6.45, 7) is 7.80. The van der Waals surface area contributed by atoms with Crippen molar-refractivity contribution in [2.75, 3.05) is 0 Å². The van der Waals surface area contributed by atoms with Crippen LogP contribution in [0.15, 0.2) is 4.52 Å². The minimum Gasteiger partial charge on any atom is -0.361 e. The summed E-state index contributed by atoms with van der Waals surface area (Å²) in [5.74, 6) is 0.909. The SMILES string of the molecule is [B]C([B])(c1c(C)noc1C)C(C)CC. The van der Waals surface area contributed by atoms with Crippen LogP contribution in [0.2, 0.25) is 0 Å². The lowest BCUT2D eigenvalue weighted by molar-refractivity contribution is 0.389. The van der Waals surface area contributed by atoms with E-state index in [-0.39, 0.29) is 5.92 Å². The van der Waals surface area contributed by atoms with E-state index in [1.165, 1.54) is 0 Å². The predicted octanol–water partition coefficient (Wildman–Crippen LogP) is 1.83. The number of hydrogen-bond acceptors (Lipinski definition) is 2. The molecule has 1 atom stereocenters. The molecular weight excluding hydrogens is 172 g/mol. The number of nitrogens with zero attached hydrogens (tertiary/aromatic N) is 1. The van der Waals surface area contributed by atoms with Crippen molar-refractivity contribution >= 4 is 15.7 Å². The van der Waals surface area contributed by atoms with E-state index in [9.17, 15) is 0 Å². The van der Waals surface area contributed by atoms with Gasteiger partial charge in [0.1, 0.15) is 5.76 Å². The van der Waals surface area contributed by atoms with Crippen molar-refractivity contribution in [2.45, 2.75) is 39.3 Å². The molecule has 72 valence electrons. The van der Waals surface area contributed by atoms with Crippen LogP contribution in [0.1, 0.15) is 37.3 Å². The van der Waals surface area contributed by atoms with Gasteiger partial charge in [-0.1, -0.05) is 36.6 Å². The van der Waals surface area contributed by atoms with Crippen molar-refractivity contribution in [3.05, 3.63) is 17.0 Å². The average Bonchev–Trinajstić information content (AvgIpc) is 2.44. The van der Waals surface area contributed by atoms with Crippen molar-refractivity contribution in [2.24, 2.45) is 5.92 Å². The Hall–Kier alpha value is -0.660. The van der Waals surface area contributed by atoms with Crippen molar-refractivity contribution in [3.8, 4) is 0 Å². The highest BCUT2D eigenvalue weighted by molar-refractivity contribution is 6.40. The summed E-state index contributed by atoms with van der Waals surface area (Å²) in [6, 6.07) is 0. The van der Waals surface area contributed by atoms with E-state index in [1.807, 2.05) is 20.8 Å². The first-order valence-corrected chi connectivity index (χ1v) is 4.92. The molecule has 14 heavy (non-hydrogen) atoms. The summed E-state index contributed by atoms with van der Waals surface area (Å²) in [5, 5.41) is 3.02. The van der Waals surface area contributed by atoms with E-state index in [0.717, 1.165) is 17.7 Å². The molecule has 0 aliphatic carbocycles. The van der Waals surface area contributed by atoms with E-state index in [4.69, 9.17) is 20.2 Å². The minimum atomic E-state index is -0.844. The van der Waals surface area contributed by atoms with Crippen LogP contribution >= 0.6 is 0 Å². The first-order valence-electron chi connectivity index (χ1n) is 4.92. The zero-order valence-corrected chi connectivity index (χ0v) is 9.29. The van der Waals surface area contributed by atoms with Gasteiger partial charge >= 0.3 is 0 Å². The lowest BCUT2D eigenvalue weighted by Crippen LogP contribution is -2.35. The Morgan fingerprint density at radius 2 is 2.00 bits per heavy atom. The molecule has 1 rings (SSSR count). The second-order valence-electron chi connectivity index (χ2n) is 3.94. The van der Waals surface area contributed by atoms with Gasteiger partial charge in [0.25, 0.3) is 0 Å². The van der Waals surface area contributed by atoms with E-state index < -0.39 is 5.21 Å². The van der Waals surface area contributed by atoms with E-state index in [1.54, 1.807) is 0 Å². The van der Waals surface area contributed by atoms with Crippen LogP contribution in [0.5, 0.6) is 0 Å². The van der Waals surface area contributed by atoms with E-state index >= 15 is 0 Å². The summed E-state index contributed by atoms with van der Waals surface area (Å²) < 4.78 is 5.07. The maximum atomic E-state index is 6.12. The smallest absolute Gasteiger partial charge is 0.136 e. The Labute approximate surface area is 88.3 Å². The molecule has 0 N–H and O–H groups in total. The zero-order chi connectivity index (χ0) is 10.9.